The van der Waals surface area contributed by atoms with E-state index in [0.717, 1.165) is 6.42 Å². The molecule has 1 fully saturated rings. The van der Waals surface area contributed by atoms with Gasteiger partial charge >= 0.3 is 0 Å². The fraction of sp³-hybridized carbons (Fsp3) is 1.00. The normalized spacial score (nSPS) is 41.8. The van der Waals surface area contributed by atoms with E-state index >= 15 is 0 Å². The zero-order valence-corrected chi connectivity index (χ0v) is 10.8. The molecule has 0 radical (unpaired) electrons. The lowest BCUT2D eigenvalue weighted by atomic mass is 9.84. The van der Waals surface area contributed by atoms with Crippen LogP contribution in [0.15, 0.2) is 0 Å². The van der Waals surface area contributed by atoms with Gasteiger partial charge in [-0.15, -0.1) is 0 Å². The van der Waals surface area contributed by atoms with Crippen LogP contribution >= 0.6 is 22.9 Å². The Morgan fingerprint density at radius 3 is 2.27 bits per heavy atom. The molecule has 6 heteroatoms. The molecule has 1 heterocycles. The number of nitrogens with one attached hydrogen (secondary N) is 1. The molecule has 1 aliphatic heterocycles. The van der Waals surface area contributed by atoms with E-state index < -0.39 is 12.2 Å². The average molecular weight is 331 g/mol. The first-order valence-corrected chi connectivity index (χ1v) is 6.18. The fourth-order valence-corrected chi connectivity index (χ4v) is 2.86. The predicted molar refractivity (Wildman–Crippen MR) is 63.6 cm³/mol. The zero-order valence-electron chi connectivity index (χ0n) is 8.64. The summed E-state index contributed by atoms with van der Waals surface area (Å²) in [5.41, 5.74) is 0. The first-order chi connectivity index (χ1) is 7.19. The molecule has 1 aliphatic rings. The molecule has 0 amide bonds. The standard InChI is InChI=1S/C9H18INO4/c1-2-5-6(3-12)15-7(4-13)8(11-10)9(5)14/h5-9,11-14H,2-4H2,1H3. The fourth-order valence-electron chi connectivity index (χ4n) is 2.09. The molecule has 5 nitrogen and oxygen atoms in total. The Labute approximate surface area is 103 Å². The second-order valence-corrected chi connectivity index (χ2v) is 4.40. The van der Waals surface area contributed by atoms with Crippen LogP contribution in [0.1, 0.15) is 13.3 Å². The third-order valence-electron chi connectivity index (χ3n) is 2.99. The highest BCUT2D eigenvalue weighted by Gasteiger charge is 2.43. The summed E-state index contributed by atoms with van der Waals surface area (Å²) < 4.78 is 8.45. The van der Waals surface area contributed by atoms with Gasteiger partial charge in [-0.2, -0.15) is 0 Å². The van der Waals surface area contributed by atoms with E-state index in [1.54, 1.807) is 0 Å². The van der Waals surface area contributed by atoms with Gasteiger partial charge in [0.25, 0.3) is 0 Å². The topological polar surface area (TPSA) is 82.0 Å². The molecular formula is C9H18INO4. The maximum atomic E-state index is 10.1. The van der Waals surface area contributed by atoms with E-state index in [4.69, 9.17) is 14.9 Å². The van der Waals surface area contributed by atoms with Crippen LogP contribution in [0.5, 0.6) is 0 Å². The highest BCUT2D eigenvalue weighted by Crippen LogP contribution is 2.28. The van der Waals surface area contributed by atoms with E-state index in [2.05, 4.69) is 3.53 Å². The molecule has 90 valence electrons. The largest absolute Gasteiger partial charge is 0.394 e. The van der Waals surface area contributed by atoms with Gasteiger partial charge in [0.05, 0.1) is 37.6 Å². The van der Waals surface area contributed by atoms with E-state index in [9.17, 15) is 5.11 Å². The molecule has 0 aromatic carbocycles. The number of aliphatic hydroxyl groups excluding tert-OH is 3. The minimum atomic E-state index is -0.602. The van der Waals surface area contributed by atoms with Gasteiger partial charge in [0, 0.05) is 28.8 Å². The van der Waals surface area contributed by atoms with Crippen molar-refractivity contribution in [3.05, 3.63) is 0 Å². The lowest BCUT2D eigenvalue weighted by Crippen LogP contribution is -2.59. The molecular weight excluding hydrogens is 313 g/mol. The zero-order chi connectivity index (χ0) is 11.4. The van der Waals surface area contributed by atoms with Gasteiger partial charge in [0.15, 0.2) is 0 Å². The lowest BCUT2D eigenvalue weighted by molar-refractivity contribution is -0.173. The van der Waals surface area contributed by atoms with Crippen molar-refractivity contribution in [1.82, 2.24) is 3.53 Å². The number of hydrogen-bond donors (Lipinski definition) is 4. The van der Waals surface area contributed by atoms with Gasteiger partial charge in [-0.3, -0.25) is 3.53 Å². The molecule has 0 aromatic rings. The molecule has 1 saturated heterocycles. The van der Waals surface area contributed by atoms with Crippen LogP contribution in [0, 0.1) is 5.92 Å². The lowest BCUT2D eigenvalue weighted by Gasteiger charge is -2.43. The van der Waals surface area contributed by atoms with E-state index in [1.165, 1.54) is 0 Å². The molecule has 15 heavy (non-hydrogen) atoms. The van der Waals surface area contributed by atoms with Gasteiger partial charge in [-0.05, 0) is 6.42 Å². The molecule has 0 saturated carbocycles. The molecule has 4 N–H and O–H groups in total. The Hall–Kier alpha value is 0.530. The Balaban J connectivity index is 2.76. The highest BCUT2D eigenvalue weighted by molar-refractivity contribution is 14.1. The number of halogens is 1. The van der Waals surface area contributed by atoms with Crippen molar-refractivity contribution < 1.29 is 20.1 Å². The molecule has 5 atom stereocenters. The summed E-state index contributed by atoms with van der Waals surface area (Å²) in [6, 6.07) is -0.289. The van der Waals surface area contributed by atoms with Gasteiger partial charge in [-0.1, -0.05) is 6.92 Å². The van der Waals surface area contributed by atoms with Crippen LogP contribution in [-0.2, 0) is 4.74 Å². The van der Waals surface area contributed by atoms with Gasteiger partial charge in [0.1, 0.15) is 0 Å². The number of ether oxygens (including phenoxy) is 1. The Bertz CT molecular complexity index is 177. The summed E-state index contributed by atoms with van der Waals surface area (Å²) in [6.07, 6.45) is -0.714. The second-order valence-electron chi connectivity index (χ2n) is 3.78. The Morgan fingerprint density at radius 1 is 1.27 bits per heavy atom. The number of rotatable bonds is 4. The summed E-state index contributed by atoms with van der Waals surface area (Å²) in [6.45, 7) is 1.66. The summed E-state index contributed by atoms with van der Waals surface area (Å²) in [5, 5.41) is 28.3. The number of hydrogen-bond acceptors (Lipinski definition) is 5. The summed E-state index contributed by atoms with van der Waals surface area (Å²) >= 11 is 1.94. The molecule has 0 aromatic heterocycles. The molecule has 0 bridgehead atoms. The molecule has 0 spiro atoms. The predicted octanol–water partition coefficient (Wildman–Crippen LogP) is -0.566. The van der Waals surface area contributed by atoms with Crippen molar-refractivity contribution >= 4 is 22.9 Å². The van der Waals surface area contributed by atoms with E-state index in [-0.39, 0.29) is 31.3 Å². The Morgan fingerprint density at radius 2 is 1.87 bits per heavy atom. The maximum absolute atomic E-state index is 10.1. The maximum Gasteiger partial charge on any atom is 0.0996 e. The quantitative estimate of drug-likeness (QED) is 0.410. The summed E-state index contributed by atoms with van der Waals surface area (Å²) in [5.74, 6) is -0.0925. The van der Waals surface area contributed by atoms with Crippen LogP contribution in [0.25, 0.3) is 0 Å². The minimum Gasteiger partial charge on any atom is -0.394 e. The van der Waals surface area contributed by atoms with Crippen LogP contribution in [0.4, 0.5) is 0 Å². The van der Waals surface area contributed by atoms with Crippen molar-refractivity contribution in [2.75, 3.05) is 13.2 Å². The van der Waals surface area contributed by atoms with E-state index in [0.29, 0.717) is 0 Å². The van der Waals surface area contributed by atoms with Gasteiger partial charge in [-0.25, -0.2) is 0 Å². The van der Waals surface area contributed by atoms with Crippen molar-refractivity contribution in [2.24, 2.45) is 5.92 Å². The Kier molecular flexibility index (Phi) is 5.72. The van der Waals surface area contributed by atoms with Crippen molar-refractivity contribution in [3.8, 4) is 0 Å². The van der Waals surface area contributed by atoms with E-state index in [1.807, 2.05) is 29.8 Å². The van der Waals surface area contributed by atoms with Crippen LogP contribution < -0.4 is 3.53 Å². The number of aliphatic hydroxyl groups is 3. The van der Waals surface area contributed by atoms with Crippen molar-refractivity contribution in [2.45, 2.75) is 37.7 Å². The highest BCUT2D eigenvalue weighted by atomic mass is 127. The van der Waals surface area contributed by atoms with Crippen LogP contribution in [-0.4, -0.2) is 52.9 Å². The van der Waals surface area contributed by atoms with Gasteiger partial charge < -0.3 is 20.1 Å². The first-order valence-electron chi connectivity index (χ1n) is 5.10. The summed E-state index contributed by atoms with van der Waals surface area (Å²) in [4.78, 5) is 0. The first kappa shape index (κ1) is 13.6. The summed E-state index contributed by atoms with van der Waals surface area (Å²) in [7, 11) is 0. The molecule has 5 unspecified atom stereocenters. The van der Waals surface area contributed by atoms with Crippen LogP contribution in [0.2, 0.25) is 0 Å². The third-order valence-corrected chi connectivity index (χ3v) is 3.71. The SMILES string of the molecule is CCC1C(CO)OC(CO)C(NI)C1O. The van der Waals surface area contributed by atoms with Crippen LogP contribution in [0.3, 0.4) is 0 Å². The van der Waals surface area contributed by atoms with Crippen molar-refractivity contribution in [3.63, 3.8) is 0 Å². The van der Waals surface area contributed by atoms with Gasteiger partial charge in [0.2, 0.25) is 0 Å². The third kappa shape index (κ3) is 2.80. The molecule has 1 rings (SSSR count). The monoisotopic (exact) mass is 331 g/mol. The average Bonchev–Trinajstić information content (AvgIpc) is 2.27. The minimum absolute atomic E-state index is 0.0925. The smallest absolute Gasteiger partial charge is 0.0996 e. The molecule has 0 aliphatic carbocycles. The second kappa shape index (κ2) is 6.31. The van der Waals surface area contributed by atoms with Crippen molar-refractivity contribution in [1.29, 1.82) is 0 Å².